The lowest BCUT2D eigenvalue weighted by atomic mass is 10.1. The largest absolute Gasteiger partial charge is 0.506 e. The number of benzene rings is 3. The number of carbonyl (C=O) groups excluding carboxylic acids is 1. The van der Waals surface area contributed by atoms with E-state index in [0.717, 1.165) is 21.7 Å². The predicted molar refractivity (Wildman–Crippen MR) is 113 cm³/mol. The van der Waals surface area contributed by atoms with Crippen LogP contribution in [0.25, 0.3) is 0 Å². The fourth-order valence-electron chi connectivity index (χ4n) is 2.70. The van der Waals surface area contributed by atoms with Gasteiger partial charge in [-0.15, -0.1) is 0 Å². The summed E-state index contributed by atoms with van der Waals surface area (Å²) in [6, 6.07) is 21.6. The van der Waals surface area contributed by atoms with E-state index < -0.39 is 0 Å². The second-order valence-corrected chi connectivity index (χ2v) is 7.73. The van der Waals surface area contributed by atoms with Crippen LogP contribution in [0.1, 0.15) is 28.4 Å². The summed E-state index contributed by atoms with van der Waals surface area (Å²) in [5, 5.41) is 10.3. The van der Waals surface area contributed by atoms with Crippen molar-refractivity contribution in [3.8, 4) is 5.75 Å². The molecule has 1 N–H and O–H groups in total. The summed E-state index contributed by atoms with van der Waals surface area (Å²) in [5.74, 6) is -0.398. The highest BCUT2D eigenvalue weighted by Crippen LogP contribution is 2.38. The Morgan fingerprint density at radius 2 is 1.74 bits per heavy atom. The van der Waals surface area contributed by atoms with Crippen LogP contribution >= 0.6 is 23.5 Å². The first kappa shape index (κ1) is 19.3. The van der Waals surface area contributed by atoms with E-state index in [9.17, 15) is 9.90 Å². The first-order valence-electron chi connectivity index (χ1n) is 8.54. The summed E-state index contributed by atoms with van der Waals surface area (Å²) >= 11 is 7.79. The SMILES string of the molecule is CC(=O)c1cc(N(Cc2ccccc2)Sc2ccccc2C)cc(Cl)c1O. The third-order valence-corrected chi connectivity index (χ3v) is 5.69. The smallest absolute Gasteiger partial charge is 0.163 e. The number of aromatic hydroxyl groups is 1. The van der Waals surface area contributed by atoms with Gasteiger partial charge in [-0.1, -0.05) is 60.1 Å². The Morgan fingerprint density at radius 1 is 1.07 bits per heavy atom. The summed E-state index contributed by atoms with van der Waals surface area (Å²) in [6.45, 7) is 4.11. The van der Waals surface area contributed by atoms with Gasteiger partial charge in [0.05, 0.1) is 22.8 Å². The van der Waals surface area contributed by atoms with Crippen LogP contribution in [0.3, 0.4) is 0 Å². The molecular formula is C22H20ClNO2S. The molecule has 27 heavy (non-hydrogen) atoms. The van der Waals surface area contributed by atoms with Gasteiger partial charge >= 0.3 is 0 Å². The first-order chi connectivity index (χ1) is 13.0. The third-order valence-electron chi connectivity index (χ3n) is 4.19. The van der Waals surface area contributed by atoms with Crippen LogP contribution < -0.4 is 4.31 Å². The van der Waals surface area contributed by atoms with E-state index in [1.807, 2.05) is 30.3 Å². The Hall–Kier alpha value is -2.43. The van der Waals surface area contributed by atoms with Crippen molar-refractivity contribution in [1.29, 1.82) is 0 Å². The van der Waals surface area contributed by atoms with E-state index >= 15 is 0 Å². The Kier molecular flexibility index (Phi) is 6.09. The molecule has 0 aliphatic carbocycles. The molecule has 0 aliphatic rings. The molecule has 0 atom stereocenters. The van der Waals surface area contributed by atoms with Gasteiger partial charge in [-0.2, -0.15) is 0 Å². The molecule has 0 fully saturated rings. The maximum Gasteiger partial charge on any atom is 0.163 e. The Labute approximate surface area is 168 Å². The van der Waals surface area contributed by atoms with Gasteiger partial charge in [-0.05, 0) is 55.1 Å². The van der Waals surface area contributed by atoms with Crippen molar-refractivity contribution in [2.45, 2.75) is 25.3 Å². The van der Waals surface area contributed by atoms with Crippen LogP contribution in [0.5, 0.6) is 5.75 Å². The minimum absolute atomic E-state index is 0.168. The highest BCUT2D eigenvalue weighted by molar-refractivity contribution is 8.00. The second kappa shape index (κ2) is 8.51. The molecule has 3 aromatic rings. The van der Waals surface area contributed by atoms with Gasteiger partial charge in [-0.3, -0.25) is 4.79 Å². The van der Waals surface area contributed by atoms with Crippen LogP contribution in [-0.2, 0) is 6.54 Å². The molecule has 3 rings (SSSR count). The lowest BCUT2D eigenvalue weighted by molar-refractivity contribution is 0.101. The molecule has 0 bridgehead atoms. The zero-order chi connectivity index (χ0) is 19.4. The Morgan fingerprint density at radius 3 is 2.41 bits per heavy atom. The fourth-order valence-corrected chi connectivity index (χ4v) is 3.93. The highest BCUT2D eigenvalue weighted by atomic mass is 35.5. The van der Waals surface area contributed by atoms with Gasteiger partial charge in [0.25, 0.3) is 0 Å². The van der Waals surface area contributed by atoms with Crippen molar-refractivity contribution in [3.63, 3.8) is 0 Å². The third kappa shape index (κ3) is 4.65. The quantitative estimate of drug-likeness (QED) is 0.393. The van der Waals surface area contributed by atoms with E-state index in [4.69, 9.17) is 11.6 Å². The molecule has 0 unspecified atom stereocenters. The maximum atomic E-state index is 11.9. The number of phenolic OH excluding ortho intramolecular Hbond substituents is 1. The predicted octanol–water partition coefficient (Wildman–Crippen LogP) is 6.27. The van der Waals surface area contributed by atoms with Crippen LogP contribution in [0, 0.1) is 6.92 Å². The summed E-state index contributed by atoms with van der Waals surface area (Å²) in [5.41, 5.74) is 3.28. The number of rotatable bonds is 6. The molecule has 5 heteroatoms. The topological polar surface area (TPSA) is 40.5 Å². The van der Waals surface area contributed by atoms with Gasteiger partial charge in [0.15, 0.2) is 5.78 Å². The standard InChI is InChI=1S/C22H20ClNO2S/c1-15-8-6-7-11-21(15)27-24(14-17-9-4-3-5-10-17)18-12-19(16(2)25)22(26)20(23)13-18/h3-13,26H,14H2,1-2H3. The van der Waals surface area contributed by atoms with Gasteiger partial charge in [0.2, 0.25) is 0 Å². The normalized spacial score (nSPS) is 10.6. The van der Waals surface area contributed by atoms with E-state index in [2.05, 4.69) is 35.5 Å². The van der Waals surface area contributed by atoms with Crippen molar-refractivity contribution >= 4 is 35.0 Å². The lowest BCUT2D eigenvalue weighted by Gasteiger charge is -2.25. The minimum Gasteiger partial charge on any atom is -0.506 e. The monoisotopic (exact) mass is 397 g/mol. The van der Waals surface area contributed by atoms with Crippen LogP contribution in [0.4, 0.5) is 5.69 Å². The van der Waals surface area contributed by atoms with Crippen LogP contribution in [0.15, 0.2) is 71.6 Å². The molecule has 0 radical (unpaired) electrons. The molecule has 0 spiro atoms. The number of nitrogens with zero attached hydrogens (tertiary/aromatic N) is 1. The van der Waals surface area contributed by atoms with Crippen molar-refractivity contribution in [1.82, 2.24) is 0 Å². The molecule has 3 nitrogen and oxygen atoms in total. The molecular weight excluding hydrogens is 378 g/mol. The van der Waals surface area contributed by atoms with Gasteiger partial charge in [0, 0.05) is 4.90 Å². The Bertz CT molecular complexity index is 960. The van der Waals surface area contributed by atoms with E-state index in [1.54, 1.807) is 24.1 Å². The van der Waals surface area contributed by atoms with Crippen molar-refractivity contribution in [2.75, 3.05) is 4.31 Å². The Balaban J connectivity index is 2.04. The number of aryl methyl sites for hydroxylation is 1. The number of hydrogen-bond donors (Lipinski definition) is 1. The average molecular weight is 398 g/mol. The first-order valence-corrected chi connectivity index (χ1v) is 9.69. The summed E-state index contributed by atoms with van der Waals surface area (Å²) < 4.78 is 2.08. The molecule has 0 aliphatic heterocycles. The molecule has 0 saturated carbocycles. The van der Waals surface area contributed by atoms with Gasteiger partial charge in [-0.25, -0.2) is 0 Å². The summed E-state index contributed by atoms with van der Waals surface area (Å²) in [7, 11) is 0. The molecule has 0 aromatic heterocycles. The summed E-state index contributed by atoms with van der Waals surface area (Å²) in [6.07, 6.45) is 0. The van der Waals surface area contributed by atoms with Crippen molar-refractivity contribution in [2.24, 2.45) is 0 Å². The molecule has 0 saturated heterocycles. The average Bonchev–Trinajstić information content (AvgIpc) is 2.65. The number of phenols is 1. The number of ketones is 1. The number of Topliss-reactive ketones (excluding diaryl/α,β-unsaturated/α-hetero) is 1. The van der Waals surface area contributed by atoms with Gasteiger partial charge in [0.1, 0.15) is 5.75 Å². The summed E-state index contributed by atoms with van der Waals surface area (Å²) in [4.78, 5) is 13.0. The van der Waals surface area contributed by atoms with Crippen LogP contribution in [-0.4, -0.2) is 10.9 Å². The maximum absolute atomic E-state index is 11.9. The van der Waals surface area contributed by atoms with E-state index in [1.165, 1.54) is 6.92 Å². The van der Waals surface area contributed by atoms with Gasteiger partial charge < -0.3 is 9.41 Å². The molecule has 138 valence electrons. The lowest BCUT2D eigenvalue weighted by Crippen LogP contribution is -2.15. The number of halogens is 1. The van der Waals surface area contributed by atoms with E-state index in [0.29, 0.717) is 6.54 Å². The minimum atomic E-state index is -0.225. The number of anilines is 1. The zero-order valence-corrected chi connectivity index (χ0v) is 16.7. The van der Waals surface area contributed by atoms with Crippen molar-refractivity contribution in [3.05, 3.63) is 88.4 Å². The number of hydrogen-bond acceptors (Lipinski definition) is 4. The second-order valence-electron chi connectivity index (χ2n) is 6.26. The molecule has 0 amide bonds. The zero-order valence-electron chi connectivity index (χ0n) is 15.1. The fraction of sp³-hybridized carbons (Fsp3) is 0.136. The highest BCUT2D eigenvalue weighted by Gasteiger charge is 2.18. The van der Waals surface area contributed by atoms with E-state index in [-0.39, 0.29) is 22.1 Å². The molecule has 0 heterocycles. The molecule has 3 aromatic carbocycles. The van der Waals surface area contributed by atoms with Crippen LogP contribution in [0.2, 0.25) is 5.02 Å². The van der Waals surface area contributed by atoms with Crippen molar-refractivity contribution < 1.29 is 9.90 Å². The number of carbonyl (C=O) groups is 1.